The van der Waals surface area contributed by atoms with Crippen LogP contribution in [-0.2, 0) is 23.8 Å². The average Bonchev–Trinajstić information content (AvgIpc) is 2.88. The van der Waals surface area contributed by atoms with E-state index in [0.29, 0.717) is 18.5 Å². The summed E-state index contributed by atoms with van der Waals surface area (Å²) in [5, 5.41) is 3.54. The topological polar surface area (TPSA) is 27.7 Å². The van der Waals surface area contributed by atoms with Gasteiger partial charge in [-0.25, -0.2) is 0 Å². The van der Waals surface area contributed by atoms with Gasteiger partial charge in [-0.15, -0.1) is 0 Å². The largest absolute Gasteiger partial charge is 0.416 e. The number of piperidine rings is 2. The summed E-state index contributed by atoms with van der Waals surface area (Å²) in [4.78, 5) is 4.79. The molecule has 5 rings (SSSR count). The third kappa shape index (κ3) is 5.52. The summed E-state index contributed by atoms with van der Waals surface area (Å²) in [6.45, 7) is 7.11. The molecule has 2 fully saturated rings. The van der Waals surface area contributed by atoms with Crippen LogP contribution in [0.3, 0.4) is 0 Å². The second kappa shape index (κ2) is 10.6. The SMILES string of the molecule is CCCN1CCC(Nc2cc(C(F)(F)F)cc3c2Cc2ccc(N4CCCC(OC)C4)cc2C3)CC1. The van der Waals surface area contributed by atoms with E-state index in [0.717, 1.165) is 87.2 Å². The molecule has 196 valence electrons. The number of nitrogens with zero attached hydrogens (tertiary/aromatic N) is 2. The highest BCUT2D eigenvalue weighted by Gasteiger charge is 2.34. The van der Waals surface area contributed by atoms with Crippen LogP contribution >= 0.6 is 0 Å². The number of ether oxygens (including phenoxy) is 1. The number of alkyl halides is 3. The Hall–Kier alpha value is -2.25. The minimum atomic E-state index is -4.36. The van der Waals surface area contributed by atoms with Gasteiger partial charge in [0, 0.05) is 57.1 Å². The van der Waals surface area contributed by atoms with Crippen molar-refractivity contribution >= 4 is 11.4 Å². The lowest BCUT2D eigenvalue weighted by Crippen LogP contribution is -2.39. The zero-order chi connectivity index (χ0) is 25.3. The second-order valence-corrected chi connectivity index (χ2v) is 10.7. The van der Waals surface area contributed by atoms with Gasteiger partial charge in [0.15, 0.2) is 0 Å². The van der Waals surface area contributed by atoms with Gasteiger partial charge in [-0.2, -0.15) is 13.2 Å². The molecule has 1 unspecified atom stereocenters. The Labute approximate surface area is 212 Å². The smallest absolute Gasteiger partial charge is 0.382 e. The molecule has 2 aromatic carbocycles. The molecule has 0 radical (unpaired) electrons. The average molecular weight is 502 g/mol. The second-order valence-electron chi connectivity index (χ2n) is 10.7. The standard InChI is InChI=1S/C29H38F3N3O/c1-3-10-34-12-8-24(9-13-34)33-28-18-23(29(30,31)32)15-22-14-21-16-25(7-6-20(21)17-27(22)28)35-11-4-5-26(19-35)36-2/h6-7,15-16,18,24,26,33H,3-5,8-14,17,19H2,1-2H3. The lowest BCUT2D eigenvalue weighted by molar-refractivity contribution is -0.137. The fraction of sp³-hybridized carbons (Fsp3) is 0.586. The van der Waals surface area contributed by atoms with Gasteiger partial charge < -0.3 is 19.9 Å². The number of benzene rings is 2. The number of halogens is 3. The van der Waals surface area contributed by atoms with Crippen LogP contribution < -0.4 is 10.2 Å². The minimum absolute atomic E-state index is 0.210. The molecular weight excluding hydrogens is 463 g/mol. The molecular formula is C29H38F3N3O. The fourth-order valence-electron chi connectivity index (χ4n) is 6.13. The lowest BCUT2D eigenvalue weighted by atomic mass is 9.83. The summed E-state index contributed by atoms with van der Waals surface area (Å²) in [6, 6.07) is 9.46. The monoisotopic (exact) mass is 501 g/mol. The predicted octanol–water partition coefficient (Wildman–Crippen LogP) is 6.10. The molecule has 0 amide bonds. The lowest BCUT2D eigenvalue weighted by Gasteiger charge is -2.35. The zero-order valence-corrected chi connectivity index (χ0v) is 21.5. The first-order valence-electron chi connectivity index (χ1n) is 13.5. The number of fused-ring (bicyclic) bond motifs is 2. The van der Waals surface area contributed by atoms with Crippen molar-refractivity contribution in [3.05, 3.63) is 58.1 Å². The van der Waals surface area contributed by atoms with E-state index in [1.54, 1.807) is 7.11 Å². The third-order valence-corrected chi connectivity index (χ3v) is 8.17. The normalized spacial score (nSPS) is 21.2. The van der Waals surface area contributed by atoms with Gasteiger partial charge in [0.1, 0.15) is 0 Å². The minimum Gasteiger partial charge on any atom is -0.382 e. The van der Waals surface area contributed by atoms with Crippen LogP contribution in [0.25, 0.3) is 0 Å². The van der Waals surface area contributed by atoms with Crippen molar-refractivity contribution in [3.8, 4) is 0 Å². The number of rotatable bonds is 6. The number of hydrogen-bond acceptors (Lipinski definition) is 4. The molecule has 0 aromatic heterocycles. The Balaban J connectivity index is 1.39. The molecule has 2 aliphatic heterocycles. The quantitative estimate of drug-likeness (QED) is 0.442. The number of hydrogen-bond donors (Lipinski definition) is 1. The van der Waals surface area contributed by atoms with Crippen molar-refractivity contribution in [1.29, 1.82) is 0 Å². The van der Waals surface area contributed by atoms with Gasteiger partial charge in [0.05, 0.1) is 11.7 Å². The first kappa shape index (κ1) is 25.4. The van der Waals surface area contributed by atoms with Crippen LogP contribution in [0.1, 0.15) is 66.8 Å². The molecule has 2 aromatic rings. The van der Waals surface area contributed by atoms with Crippen LogP contribution in [0.2, 0.25) is 0 Å². The number of anilines is 2. The van der Waals surface area contributed by atoms with Crippen LogP contribution in [-0.4, -0.2) is 56.9 Å². The van der Waals surface area contributed by atoms with Gasteiger partial charge in [0.25, 0.3) is 0 Å². The maximum Gasteiger partial charge on any atom is 0.416 e. The summed E-state index contributed by atoms with van der Waals surface area (Å²) < 4.78 is 47.2. The molecule has 1 N–H and O–H groups in total. The Morgan fingerprint density at radius 2 is 1.78 bits per heavy atom. The first-order chi connectivity index (χ1) is 17.3. The van der Waals surface area contributed by atoms with Crippen molar-refractivity contribution in [2.75, 3.05) is 50.1 Å². The zero-order valence-electron chi connectivity index (χ0n) is 21.5. The van der Waals surface area contributed by atoms with E-state index in [1.807, 2.05) is 0 Å². The summed E-state index contributed by atoms with van der Waals surface area (Å²) in [6.07, 6.45) is 2.28. The summed E-state index contributed by atoms with van der Waals surface area (Å²) in [7, 11) is 1.76. The van der Waals surface area contributed by atoms with Gasteiger partial charge in [-0.3, -0.25) is 0 Å². The van der Waals surface area contributed by atoms with E-state index < -0.39 is 11.7 Å². The third-order valence-electron chi connectivity index (χ3n) is 8.17. The van der Waals surface area contributed by atoms with Gasteiger partial charge in [-0.1, -0.05) is 13.0 Å². The Morgan fingerprint density at radius 3 is 2.50 bits per heavy atom. The molecule has 3 aliphatic rings. The number of methoxy groups -OCH3 is 1. The van der Waals surface area contributed by atoms with Gasteiger partial charge in [-0.05, 0) is 91.6 Å². The maximum absolute atomic E-state index is 13.9. The van der Waals surface area contributed by atoms with E-state index in [2.05, 4.69) is 40.2 Å². The maximum atomic E-state index is 13.9. The highest BCUT2D eigenvalue weighted by molar-refractivity contribution is 5.64. The fourth-order valence-corrected chi connectivity index (χ4v) is 6.13. The molecule has 1 aliphatic carbocycles. The Bertz CT molecular complexity index is 1060. The molecule has 2 saturated heterocycles. The molecule has 0 spiro atoms. The van der Waals surface area contributed by atoms with Crippen LogP contribution in [0.15, 0.2) is 30.3 Å². The van der Waals surface area contributed by atoms with Gasteiger partial charge >= 0.3 is 6.18 Å². The van der Waals surface area contributed by atoms with Crippen molar-refractivity contribution < 1.29 is 17.9 Å². The highest BCUT2D eigenvalue weighted by Crippen LogP contribution is 2.40. The van der Waals surface area contributed by atoms with Crippen molar-refractivity contribution in [3.63, 3.8) is 0 Å². The van der Waals surface area contributed by atoms with E-state index in [1.165, 1.54) is 17.7 Å². The van der Waals surface area contributed by atoms with Crippen molar-refractivity contribution in [2.24, 2.45) is 0 Å². The number of likely N-dealkylation sites (tertiary alicyclic amines) is 1. The molecule has 7 heteroatoms. The van der Waals surface area contributed by atoms with Crippen LogP contribution in [0, 0.1) is 0 Å². The molecule has 4 nitrogen and oxygen atoms in total. The molecule has 0 bridgehead atoms. The van der Waals surface area contributed by atoms with Crippen molar-refractivity contribution in [2.45, 2.75) is 70.2 Å². The summed E-state index contributed by atoms with van der Waals surface area (Å²) in [5.41, 5.74) is 5.44. The molecule has 2 heterocycles. The van der Waals surface area contributed by atoms with E-state index in [4.69, 9.17) is 4.74 Å². The number of nitrogens with one attached hydrogen (secondary N) is 1. The summed E-state index contributed by atoms with van der Waals surface area (Å²) >= 11 is 0. The predicted molar refractivity (Wildman–Crippen MR) is 139 cm³/mol. The van der Waals surface area contributed by atoms with E-state index in [9.17, 15) is 13.2 Å². The summed E-state index contributed by atoms with van der Waals surface area (Å²) in [5.74, 6) is 0. The highest BCUT2D eigenvalue weighted by atomic mass is 19.4. The van der Waals surface area contributed by atoms with E-state index in [-0.39, 0.29) is 12.1 Å². The van der Waals surface area contributed by atoms with E-state index >= 15 is 0 Å². The van der Waals surface area contributed by atoms with Crippen molar-refractivity contribution in [1.82, 2.24) is 4.90 Å². The molecule has 36 heavy (non-hydrogen) atoms. The van der Waals surface area contributed by atoms with Crippen LogP contribution in [0.4, 0.5) is 24.5 Å². The Kier molecular flexibility index (Phi) is 7.49. The van der Waals surface area contributed by atoms with Crippen LogP contribution in [0.5, 0.6) is 0 Å². The Morgan fingerprint density at radius 1 is 0.972 bits per heavy atom. The molecule has 1 atom stereocenters. The van der Waals surface area contributed by atoms with Gasteiger partial charge in [0.2, 0.25) is 0 Å². The molecule has 0 saturated carbocycles. The first-order valence-corrected chi connectivity index (χ1v) is 13.5.